The van der Waals surface area contributed by atoms with E-state index in [-0.39, 0.29) is 23.1 Å². The van der Waals surface area contributed by atoms with E-state index in [2.05, 4.69) is 10.0 Å². The van der Waals surface area contributed by atoms with Crippen LogP contribution in [0.2, 0.25) is 0 Å². The number of carbonyl (C=O) groups is 1. The molecule has 7 nitrogen and oxygen atoms in total. The molecule has 27 heavy (non-hydrogen) atoms. The van der Waals surface area contributed by atoms with Crippen LogP contribution in [0.3, 0.4) is 0 Å². The minimum atomic E-state index is -3.95. The third kappa shape index (κ3) is 5.53. The number of anilines is 1. The molecule has 0 heterocycles. The molecule has 0 aliphatic carbocycles. The van der Waals surface area contributed by atoms with Gasteiger partial charge < -0.3 is 15.2 Å². The number of benzene rings is 2. The molecule has 0 unspecified atom stereocenters. The van der Waals surface area contributed by atoms with Crippen molar-refractivity contribution in [2.45, 2.75) is 30.8 Å². The van der Waals surface area contributed by atoms with Crippen LogP contribution in [0.4, 0.5) is 5.69 Å². The zero-order valence-corrected chi connectivity index (χ0v) is 16.3. The van der Waals surface area contributed by atoms with Gasteiger partial charge in [0.15, 0.2) is 0 Å². The minimum absolute atomic E-state index is 0.104. The first-order valence-electron chi connectivity index (χ1n) is 8.44. The van der Waals surface area contributed by atoms with Gasteiger partial charge in [-0.05, 0) is 37.6 Å². The fraction of sp³-hybridized carbons (Fsp3) is 0.316. The van der Waals surface area contributed by atoms with Gasteiger partial charge in [-0.25, -0.2) is 17.9 Å². The Labute approximate surface area is 159 Å². The molecule has 0 saturated heterocycles. The molecular formula is C19H24N2O5S. The van der Waals surface area contributed by atoms with E-state index in [0.717, 1.165) is 11.6 Å². The van der Waals surface area contributed by atoms with Crippen molar-refractivity contribution in [2.24, 2.45) is 0 Å². The molecule has 2 rings (SSSR count). The second-order valence-corrected chi connectivity index (χ2v) is 7.95. The first-order valence-corrected chi connectivity index (χ1v) is 9.93. The summed E-state index contributed by atoms with van der Waals surface area (Å²) < 4.78 is 33.1. The lowest BCUT2D eigenvalue weighted by Crippen LogP contribution is -2.36. The maximum Gasteiger partial charge on any atom is 0.335 e. The lowest BCUT2D eigenvalue weighted by atomic mass is 10.1. The van der Waals surface area contributed by atoms with Crippen LogP contribution in [-0.2, 0) is 14.8 Å². The number of carboxylic acids is 1. The Morgan fingerprint density at radius 1 is 1.15 bits per heavy atom. The van der Waals surface area contributed by atoms with Crippen LogP contribution in [0.1, 0.15) is 35.8 Å². The second-order valence-electron chi connectivity index (χ2n) is 6.27. The van der Waals surface area contributed by atoms with Crippen LogP contribution in [0.15, 0.2) is 53.4 Å². The van der Waals surface area contributed by atoms with Crippen molar-refractivity contribution in [3.8, 4) is 0 Å². The Bertz CT molecular complexity index is 884. The molecule has 0 spiro atoms. The van der Waals surface area contributed by atoms with E-state index in [1.54, 1.807) is 6.92 Å². The molecule has 8 heteroatoms. The van der Waals surface area contributed by atoms with Crippen LogP contribution >= 0.6 is 0 Å². The summed E-state index contributed by atoms with van der Waals surface area (Å²) in [5.41, 5.74) is 1.20. The van der Waals surface area contributed by atoms with Crippen molar-refractivity contribution >= 4 is 21.7 Å². The summed E-state index contributed by atoms with van der Waals surface area (Å²) in [6.07, 6.45) is 0. The average molecular weight is 392 g/mol. The SMILES string of the molecule is COC[C@@H](C)NS(=O)(=O)c1cc(C(=O)O)ccc1N[C@H](C)c1ccccc1. The molecule has 0 aliphatic rings. The molecule has 146 valence electrons. The van der Waals surface area contributed by atoms with Crippen LogP contribution < -0.4 is 10.0 Å². The van der Waals surface area contributed by atoms with Crippen molar-refractivity contribution in [1.82, 2.24) is 4.72 Å². The summed E-state index contributed by atoms with van der Waals surface area (Å²) >= 11 is 0. The summed E-state index contributed by atoms with van der Waals surface area (Å²) in [6, 6.07) is 12.9. The zero-order chi connectivity index (χ0) is 20.0. The van der Waals surface area contributed by atoms with Crippen LogP contribution in [0.5, 0.6) is 0 Å². The highest BCUT2D eigenvalue weighted by Crippen LogP contribution is 2.27. The molecule has 0 fully saturated rings. The van der Waals surface area contributed by atoms with Gasteiger partial charge in [-0.1, -0.05) is 30.3 Å². The number of hydrogen-bond acceptors (Lipinski definition) is 5. The van der Waals surface area contributed by atoms with Gasteiger partial charge in [-0.2, -0.15) is 0 Å². The summed E-state index contributed by atoms with van der Waals surface area (Å²) in [7, 11) is -2.48. The van der Waals surface area contributed by atoms with Gasteiger partial charge in [0.2, 0.25) is 10.0 Å². The second kappa shape index (κ2) is 8.98. The summed E-state index contributed by atoms with van der Waals surface area (Å²) in [4.78, 5) is 11.2. The molecule has 0 aromatic heterocycles. The third-order valence-electron chi connectivity index (χ3n) is 3.96. The zero-order valence-electron chi connectivity index (χ0n) is 15.5. The molecule has 2 aromatic carbocycles. The Kier molecular flexibility index (Phi) is 6.95. The Morgan fingerprint density at radius 2 is 1.81 bits per heavy atom. The molecule has 0 radical (unpaired) electrons. The topological polar surface area (TPSA) is 105 Å². The molecule has 0 bridgehead atoms. The summed E-state index contributed by atoms with van der Waals surface area (Å²) in [5, 5.41) is 12.4. The number of methoxy groups -OCH3 is 1. The molecule has 2 atom stereocenters. The first-order chi connectivity index (χ1) is 12.7. The number of rotatable bonds is 9. The van der Waals surface area contributed by atoms with Gasteiger partial charge in [0.05, 0.1) is 17.9 Å². The van der Waals surface area contributed by atoms with E-state index in [0.29, 0.717) is 5.69 Å². The lowest BCUT2D eigenvalue weighted by molar-refractivity contribution is 0.0696. The smallest absolute Gasteiger partial charge is 0.335 e. The molecule has 0 aliphatic heterocycles. The van der Waals surface area contributed by atoms with Gasteiger partial charge in [0.25, 0.3) is 0 Å². The Hall–Kier alpha value is -2.42. The predicted octanol–water partition coefficient (Wildman–Crippen LogP) is 2.87. The van der Waals surface area contributed by atoms with Crippen molar-refractivity contribution in [3.05, 3.63) is 59.7 Å². The predicted molar refractivity (Wildman–Crippen MR) is 104 cm³/mol. The van der Waals surface area contributed by atoms with Crippen LogP contribution in [-0.4, -0.2) is 39.3 Å². The number of carboxylic acid groups (broad SMARTS) is 1. The summed E-state index contributed by atoms with van der Waals surface area (Å²) in [5.74, 6) is -1.20. The number of aromatic carboxylic acids is 1. The normalized spacial score (nSPS) is 13.7. The molecular weight excluding hydrogens is 368 g/mol. The Morgan fingerprint density at radius 3 is 2.41 bits per heavy atom. The number of hydrogen-bond donors (Lipinski definition) is 3. The van der Waals surface area contributed by atoms with Crippen molar-refractivity contribution in [3.63, 3.8) is 0 Å². The van der Waals surface area contributed by atoms with Crippen molar-refractivity contribution < 1.29 is 23.1 Å². The first kappa shape index (κ1) is 20.9. The van der Waals surface area contributed by atoms with Gasteiger partial charge in [0, 0.05) is 19.2 Å². The van der Waals surface area contributed by atoms with Crippen LogP contribution in [0, 0.1) is 0 Å². The van der Waals surface area contributed by atoms with Crippen molar-refractivity contribution in [1.29, 1.82) is 0 Å². The van der Waals surface area contributed by atoms with Crippen molar-refractivity contribution in [2.75, 3.05) is 19.0 Å². The van der Waals surface area contributed by atoms with Gasteiger partial charge in [0.1, 0.15) is 4.90 Å². The fourth-order valence-corrected chi connectivity index (χ4v) is 4.09. The maximum absolute atomic E-state index is 12.8. The van der Waals surface area contributed by atoms with E-state index in [4.69, 9.17) is 4.74 Å². The highest BCUT2D eigenvalue weighted by atomic mass is 32.2. The molecule has 2 aromatic rings. The Balaban J connectivity index is 2.41. The average Bonchev–Trinajstić information content (AvgIpc) is 2.62. The van der Waals surface area contributed by atoms with E-state index in [9.17, 15) is 18.3 Å². The van der Waals surface area contributed by atoms with Crippen LogP contribution in [0.25, 0.3) is 0 Å². The summed E-state index contributed by atoms with van der Waals surface area (Å²) in [6.45, 7) is 3.76. The minimum Gasteiger partial charge on any atom is -0.478 e. The molecule has 0 saturated carbocycles. The third-order valence-corrected chi connectivity index (χ3v) is 5.59. The van der Waals surface area contributed by atoms with Gasteiger partial charge in [-0.3, -0.25) is 0 Å². The maximum atomic E-state index is 12.8. The van der Waals surface area contributed by atoms with E-state index in [1.807, 2.05) is 37.3 Å². The lowest BCUT2D eigenvalue weighted by Gasteiger charge is -2.20. The highest BCUT2D eigenvalue weighted by Gasteiger charge is 2.23. The van der Waals surface area contributed by atoms with E-state index >= 15 is 0 Å². The fourth-order valence-electron chi connectivity index (χ4n) is 2.67. The quantitative estimate of drug-likeness (QED) is 0.606. The van der Waals surface area contributed by atoms with Gasteiger partial charge in [-0.15, -0.1) is 0 Å². The number of nitrogens with one attached hydrogen (secondary N) is 2. The van der Waals surface area contributed by atoms with E-state index < -0.39 is 22.0 Å². The molecule has 0 amide bonds. The van der Waals surface area contributed by atoms with Gasteiger partial charge >= 0.3 is 5.97 Å². The highest BCUT2D eigenvalue weighted by molar-refractivity contribution is 7.89. The molecule has 3 N–H and O–H groups in total. The largest absolute Gasteiger partial charge is 0.478 e. The van der Waals surface area contributed by atoms with E-state index in [1.165, 1.54) is 19.2 Å². The number of sulfonamides is 1. The number of ether oxygens (including phenoxy) is 1. The standard InChI is InChI=1S/C19H24N2O5S/c1-13(12-26-3)21-27(24,25)18-11-16(19(22)23)9-10-17(18)20-14(2)15-7-5-4-6-8-15/h4-11,13-14,20-21H,12H2,1-3H3,(H,22,23)/t13-,14-/m1/s1. The monoisotopic (exact) mass is 392 g/mol.